The van der Waals surface area contributed by atoms with E-state index in [1.54, 1.807) is 22.9 Å². The maximum atomic E-state index is 13.1. The molecule has 30 heavy (non-hydrogen) atoms. The van der Waals surface area contributed by atoms with Crippen LogP contribution >= 0.6 is 0 Å². The zero-order valence-electron chi connectivity index (χ0n) is 17.5. The third-order valence-electron chi connectivity index (χ3n) is 4.96. The van der Waals surface area contributed by atoms with Crippen molar-refractivity contribution in [2.24, 2.45) is 7.05 Å². The molecule has 1 amide bonds. The number of sulfonamides is 1. The number of ether oxygens (including phenoxy) is 2. The van der Waals surface area contributed by atoms with Crippen LogP contribution in [-0.2, 0) is 26.6 Å². The molecule has 10 heteroatoms. The number of benzene rings is 1. The lowest BCUT2D eigenvalue weighted by atomic mass is 10.2. The Hall–Kier alpha value is -2.69. The molecular formula is C20H26N4O5S. The zero-order chi connectivity index (χ0) is 21.9. The number of methoxy groups -OCH3 is 1. The molecule has 0 unspecified atom stereocenters. The molecule has 0 aliphatic carbocycles. The summed E-state index contributed by atoms with van der Waals surface area (Å²) in [6.45, 7) is 4.97. The molecule has 0 atom stereocenters. The second kappa shape index (κ2) is 8.99. The standard InChI is InChI=1S/C20H26N4O5S/c1-14-20(15(2)23(3)22-14)21-19(25)8-6-16-5-7-17(28-4)18(13-16)30(26,27)24-9-11-29-12-10-24/h5-8,13H,9-12H2,1-4H3,(H,21,25)/b8-6+. The van der Waals surface area contributed by atoms with E-state index in [-0.39, 0.29) is 29.6 Å². The number of aromatic nitrogens is 2. The van der Waals surface area contributed by atoms with Crippen molar-refractivity contribution in [2.75, 3.05) is 38.7 Å². The largest absolute Gasteiger partial charge is 0.495 e. The van der Waals surface area contributed by atoms with E-state index in [1.165, 1.54) is 23.6 Å². The van der Waals surface area contributed by atoms with Crippen LogP contribution in [0.15, 0.2) is 29.2 Å². The lowest BCUT2D eigenvalue weighted by Crippen LogP contribution is -2.40. The number of hydrogen-bond donors (Lipinski definition) is 1. The fourth-order valence-corrected chi connectivity index (χ4v) is 4.81. The molecule has 0 bridgehead atoms. The van der Waals surface area contributed by atoms with Crippen molar-refractivity contribution in [2.45, 2.75) is 18.7 Å². The van der Waals surface area contributed by atoms with Gasteiger partial charge in [-0.15, -0.1) is 0 Å². The van der Waals surface area contributed by atoms with Crippen LogP contribution in [0, 0.1) is 13.8 Å². The monoisotopic (exact) mass is 434 g/mol. The van der Waals surface area contributed by atoms with Gasteiger partial charge in [0, 0.05) is 26.2 Å². The summed E-state index contributed by atoms with van der Waals surface area (Å²) in [6.07, 6.45) is 2.92. The van der Waals surface area contributed by atoms with Gasteiger partial charge in [-0.3, -0.25) is 9.48 Å². The van der Waals surface area contributed by atoms with Gasteiger partial charge >= 0.3 is 0 Å². The molecular weight excluding hydrogens is 408 g/mol. The third kappa shape index (κ3) is 4.55. The summed E-state index contributed by atoms with van der Waals surface area (Å²) in [6, 6.07) is 4.79. The lowest BCUT2D eigenvalue weighted by molar-refractivity contribution is -0.111. The summed E-state index contributed by atoms with van der Waals surface area (Å²) in [4.78, 5) is 12.4. The van der Waals surface area contributed by atoms with Gasteiger partial charge in [0.05, 0.1) is 37.4 Å². The number of nitrogens with zero attached hydrogens (tertiary/aromatic N) is 3. The van der Waals surface area contributed by atoms with E-state index in [9.17, 15) is 13.2 Å². The molecule has 1 aromatic heterocycles. The van der Waals surface area contributed by atoms with Gasteiger partial charge in [-0.1, -0.05) is 6.07 Å². The molecule has 1 fully saturated rings. The minimum absolute atomic E-state index is 0.0633. The first-order valence-corrected chi connectivity index (χ1v) is 10.9. The minimum atomic E-state index is -3.74. The van der Waals surface area contributed by atoms with Crippen molar-refractivity contribution in [1.29, 1.82) is 0 Å². The molecule has 1 N–H and O–H groups in total. The maximum absolute atomic E-state index is 13.1. The Morgan fingerprint density at radius 3 is 2.57 bits per heavy atom. The highest BCUT2D eigenvalue weighted by molar-refractivity contribution is 7.89. The molecule has 2 aromatic rings. The molecule has 1 aromatic carbocycles. The number of aryl methyl sites for hydroxylation is 2. The Morgan fingerprint density at radius 1 is 1.27 bits per heavy atom. The number of nitrogens with one attached hydrogen (secondary N) is 1. The van der Waals surface area contributed by atoms with E-state index in [0.29, 0.717) is 24.5 Å². The van der Waals surface area contributed by atoms with Gasteiger partial charge < -0.3 is 14.8 Å². The van der Waals surface area contributed by atoms with E-state index in [2.05, 4.69) is 10.4 Å². The van der Waals surface area contributed by atoms with Crippen LogP contribution in [0.25, 0.3) is 6.08 Å². The van der Waals surface area contributed by atoms with Crippen molar-refractivity contribution in [3.8, 4) is 5.75 Å². The van der Waals surface area contributed by atoms with Crippen molar-refractivity contribution in [3.63, 3.8) is 0 Å². The van der Waals surface area contributed by atoms with Crippen LogP contribution in [0.4, 0.5) is 5.69 Å². The maximum Gasteiger partial charge on any atom is 0.248 e. The first-order valence-electron chi connectivity index (χ1n) is 9.49. The van der Waals surface area contributed by atoms with Gasteiger partial charge in [0.15, 0.2) is 0 Å². The van der Waals surface area contributed by atoms with Gasteiger partial charge in [0.25, 0.3) is 0 Å². The molecule has 162 valence electrons. The van der Waals surface area contributed by atoms with Gasteiger partial charge in [-0.25, -0.2) is 8.42 Å². The number of hydrogen-bond acceptors (Lipinski definition) is 6. The minimum Gasteiger partial charge on any atom is -0.495 e. The van der Waals surface area contributed by atoms with Crippen LogP contribution in [-0.4, -0.2) is 61.8 Å². The molecule has 3 rings (SSSR count). The van der Waals surface area contributed by atoms with Crippen molar-refractivity contribution >= 4 is 27.7 Å². The number of carbonyl (C=O) groups is 1. The highest BCUT2D eigenvalue weighted by atomic mass is 32.2. The molecule has 0 spiro atoms. The number of amides is 1. The van der Waals surface area contributed by atoms with Crippen LogP contribution in [0.3, 0.4) is 0 Å². The number of morpholine rings is 1. The first-order chi connectivity index (χ1) is 14.2. The number of carbonyl (C=O) groups excluding carboxylic acids is 1. The Balaban J connectivity index is 1.83. The predicted octanol–water partition coefficient (Wildman–Crippen LogP) is 1.72. The summed E-state index contributed by atoms with van der Waals surface area (Å²) in [5.41, 5.74) is 2.80. The zero-order valence-corrected chi connectivity index (χ0v) is 18.3. The van der Waals surface area contributed by atoms with Crippen LogP contribution in [0.5, 0.6) is 5.75 Å². The van der Waals surface area contributed by atoms with Gasteiger partial charge in [0.1, 0.15) is 10.6 Å². The summed E-state index contributed by atoms with van der Waals surface area (Å²) >= 11 is 0. The smallest absolute Gasteiger partial charge is 0.248 e. The molecule has 1 aliphatic rings. The van der Waals surface area contributed by atoms with Crippen molar-refractivity contribution < 1.29 is 22.7 Å². The molecule has 9 nitrogen and oxygen atoms in total. The number of anilines is 1. The Morgan fingerprint density at radius 2 is 1.97 bits per heavy atom. The summed E-state index contributed by atoms with van der Waals surface area (Å²) < 4.78 is 39.7. The SMILES string of the molecule is COc1ccc(/C=C/C(=O)Nc2c(C)nn(C)c2C)cc1S(=O)(=O)N1CCOCC1. The Kier molecular flexibility index (Phi) is 6.59. The second-order valence-corrected chi connectivity index (χ2v) is 8.83. The van der Waals surface area contributed by atoms with Gasteiger partial charge in [-0.05, 0) is 37.6 Å². The van der Waals surface area contributed by atoms with Crippen molar-refractivity contribution in [3.05, 3.63) is 41.2 Å². The summed E-state index contributed by atoms with van der Waals surface area (Å²) in [5.74, 6) is -0.0766. The van der Waals surface area contributed by atoms with E-state index < -0.39 is 10.0 Å². The van der Waals surface area contributed by atoms with E-state index in [0.717, 1.165) is 11.4 Å². The third-order valence-corrected chi connectivity index (χ3v) is 6.88. The van der Waals surface area contributed by atoms with Crippen LogP contribution < -0.4 is 10.1 Å². The Labute approximate surface area is 176 Å². The van der Waals surface area contributed by atoms with Crippen molar-refractivity contribution in [1.82, 2.24) is 14.1 Å². The normalized spacial score (nSPS) is 15.5. The Bertz CT molecular complexity index is 1070. The topological polar surface area (TPSA) is 103 Å². The summed E-state index contributed by atoms with van der Waals surface area (Å²) in [7, 11) is -0.507. The second-order valence-electron chi connectivity index (χ2n) is 6.92. The highest BCUT2D eigenvalue weighted by Crippen LogP contribution is 2.29. The molecule has 2 heterocycles. The van der Waals surface area contributed by atoms with Gasteiger partial charge in [0.2, 0.25) is 15.9 Å². The van der Waals surface area contributed by atoms with E-state index >= 15 is 0 Å². The van der Waals surface area contributed by atoms with Gasteiger partial charge in [-0.2, -0.15) is 9.40 Å². The predicted molar refractivity (Wildman–Crippen MR) is 113 cm³/mol. The van der Waals surface area contributed by atoms with E-state index in [1.807, 2.05) is 20.9 Å². The number of rotatable bonds is 6. The lowest BCUT2D eigenvalue weighted by Gasteiger charge is -2.26. The summed E-state index contributed by atoms with van der Waals surface area (Å²) in [5, 5.41) is 7.08. The fourth-order valence-electron chi connectivity index (χ4n) is 3.22. The highest BCUT2D eigenvalue weighted by Gasteiger charge is 2.29. The van der Waals surface area contributed by atoms with Crippen LogP contribution in [0.1, 0.15) is 17.0 Å². The molecule has 0 radical (unpaired) electrons. The molecule has 1 saturated heterocycles. The van der Waals surface area contributed by atoms with Crippen LogP contribution in [0.2, 0.25) is 0 Å². The quantitative estimate of drug-likeness (QED) is 0.695. The first kappa shape index (κ1) is 22.0. The average molecular weight is 435 g/mol. The molecule has 0 saturated carbocycles. The molecule has 1 aliphatic heterocycles. The fraction of sp³-hybridized carbons (Fsp3) is 0.400. The average Bonchev–Trinajstić information content (AvgIpc) is 2.98. The van der Waals surface area contributed by atoms with E-state index in [4.69, 9.17) is 9.47 Å².